The molecule has 0 fully saturated rings. The van der Waals surface area contributed by atoms with Crippen LogP contribution in [0, 0.1) is 13.8 Å². The lowest BCUT2D eigenvalue weighted by molar-refractivity contribution is 1.28. The number of rotatable bonds is 6. The van der Waals surface area contributed by atoms with Crippen molar-refractivity contribution in [3.05, 3.63) is 169 Å². The van der Waals surface area contributed by atoms with E-state index in [2.05, 4.69) is 181 Å². The number of benzene rings is 7. The highest BCUT2D eigenvalue weighted by Gasteiger charge is 2.20. The molecule has 8 aromatic rings. The molecule has 0 N–H and O–H groups in total. The van der Waals surface area contributed by atoms with Crippen LogP contribution in [0.25, 0.3) is 30.9 Å². The van der Waals surface area contributed by atoms with Gasteiger partial charge in [0.1, 0.15) is 0 Å². The molecule has 8 rings (SSSR count). The van der Waals surface area contributed by atoms with E-state index in [1.165, 1.54) is 47.8 Å². The molecule has 2 nitrogen and oxygen atoms in total. The lowest BCUT2D eigenvalue weighted by Gasteiger charge is -2.27. The molecule has 45 heavy (non-hydrogen) atoms. The zero-order valence-electron chi connectivity index (χ0n) is 25.3. The van der Waals surface area contributed by atoms with E-state index in [0.29, 0.717) is 0 Å². The van der Waals surface area contributed by atoms with Gasteiger partial charge in [0, 0.05) is 54.0 Å². The first kappa shape index (κ1) is 27.2. The summed E-state index contributed by atoms with van der Waals surface area (Å²) in [5, 5.41) is 5.09. The SMILES string of the molecule is Cc1ccc(N(c2ccccc2)c2ccc3sc4cc(N(c5ccccc5)c5ccc(C)cc5)c5ccccc5c4c3c2)cc1. The Morgan fingerprint density at radius 3 is 1.49 bits per heavy atom. The van der Waals surface area contributed by atoms with Crippen LogP contribution in [-0.4, -0.2) is 0 Å². The zero-order valence-corrected chi connectivity index (χ0v) is 26.1. The van der Waals surface area contributed by atoms with Crippen LogP contribution in [0.3, 0.4) is 0 Å². The summed E-state index contributed by atoms with van der Waals surface area (Å²) in [5.41, 5.74) is 9.42. The van der Waals surface area contributed by atoms with Crippen molar-refractivity contribution in [3.8, 4) is 0 Å². The van der Waals surface area contributed by atoms with Gasteiger partial charge in [-0.15, -0.1) is 11.3 Å². The molecular formula is C42H32N2S. The van der Waals surface area contributed by atoms with Gasteiger partial charge in [-0.25, -0.2) is 0 Å². The maximum atomic E-state index is 2.39. The van der Waals surface area contributed by atoms with Gasteiger partial charge >= 0.3 is 0 Å². The number of hydrogen-bond acceptors (Lipinski definition) is 3. The minimum Gasteiger partial charge on any atom is -0.310 e. The third-order valence-corrected chi connectivity index (χ3v) is 9.67. The van der Waals surface area contributed by atoms with Gasteiger partial charge in [-0.05, 0) is 92.0 Å². The molecule has 0 amide bonds. The minimum atomic E-state index is 1.14. The van der Waals surface area contributed by atoms with Gasteiger partial charge in [0.2, 0.25) is 0 Å². The van der Waals surface area contributed by atoms with Gasteiger partial charge in [0.15, 0.2) is 0 Å². The molecule has 0 unspecified atom stereocenters. The van der Waals surface area contributed by atoms with Crippen molar-refractivity contribution >= 4 is 76.4 Å². The van der Waals surface area contributed by atoms with Crippen molar-refractivity contribution in [1.82, 2.24) is 0 Å². The van der Waals surface area contributed by atoms with Crippen molar-refractivity contribution < 1.29 is 0 Å². The summed E-state index contributed by atoms with van der Waals surface area (Å²) >= 11 is 1.87. The van der Waals surface area contributed by atoms with Gasteiger partial charge < -0.3 is 9.80 Å². The lowest BCUT2D eigenvalue weighted by atomic mass is 10.0. The Bertz CT molecular complexity index is 2270. The van der Waals surface area contributed by atoms with E-state index in [4.69, 9.17) is 0 Å². The number of thiophene rings is 1. The molecule has 0 aliphatic heterocycles. The smallest absolute Gasteiger partial charge is 0.0554 e. The molecule has 0 aliphatic rings. The van der Waals surface area contributed by atoms with Crippen molar-refractivity contribution in [1.29, 1.82) is 0 Å². The van der Waals surface area contributed by atoms with Crippen LogP contribution in [0.2, 0.25) is 0 Å². The topological polar surface area (TPSA) is 6.48 Å². The van der Waals surface area contributed by atoms with Crippen LogP contribution in [0.4, 0.5) is 34.1 Å². The van der Waals surface area contributed by atoms with E-state index in [1.54, 1.807) is 0 Å². The lowest BCUT2D eigenvalue weighted by Crippen LogP contribution is -2.10. The summed E-state index contributed by atoms with van der Waals surface area (Å²) in [6, 6.07) is 57.2. The van der Waals surface area contributed by atoms with Crippen LogP contribution in [-0.2, 0) is 0 Å². The first-order chi connectivity index (χ1) is 22.1. The molecule has 0 saturated carbocycles. The Morgan fingerprint density at radius 1 is 0.378 bits per heavy atom. The molecule has 216 valence electrons. The molecule has 3 heteroatoms. The Labute approximate surface area is 268 Å². The largest absolute Gasteiger partial charge is 0.310 e. The van der Waals surface area contributed by atoms with Crippen molar-refractivity contribution in [2.24, 2.45) is 0 Å². The highest BCUT2D eigenvalue weighted by Crippen LogP contribution is 2.47. The zero-order chi connectivity index (χ0) is 30.3. The van der Waals surface area contributed by atoms with E-state index in [1.807, 2.05) is 11.3 Å². The summed E-state index contributed by atoms with van der Waals surface area (Å²) in [6.45, 7) is 4.28. The molecule has 0 bridgehead atoms. The normalized spacial score (nSPS) is 11.3. The predicted molar refractivity (Wildman–Crippen MR) is 196 cm³/mol. The third kappa shape index (κ3) is 4.92. The second-order valence-electron chi connectivity index (χ2n) is 11.6. The molecule has 0 saturated heterocycles. The molecule has 1 heterocycles. The van der Waals surface area contributed by atoms with E-state index >= 15 is 0 Å². The molecule has 7 aromatic carbocycles. The number of fused-ring (bicyclic) bond motifs is 5. The number of anilines is 6. The standard InChI is InChI=1S/C42H32N2S/c1-29-17-21-33(22-18-29)43(31-11-5-3-6-12-31)35-25-26-40-38(27-35)42-37-16-10-9-15-36(37)39(28-41(42)45-40)44(32-13-7-4-8-14-32)34-23-19-30(2)20-24-34/h3-28H,1-2H3. The maximum Gasteiger partial charge on any atom is 0.0554 e. The monoisotopic (exact) mass is 596 g/mol. The van der Waals surface area contributed by atoms with Crippen LogP contribution < -0.4 is 9.80 Å². The average Bonchev–Trinajstić information content (AvgIpc) is 3.46. The number of para-hydroxylation sites is 2. The van der Waals surface area contributed by atoms with E-state index in [9.17, 15) is 0 Å². The van der Waals surface area contributed by atoms with E-state index in [-0.39, 0.29) is 0 Å². The summed E-state index contributed by atoms with van der Waals surface area (Å²) in [7, 11) is 0. The average molecular weight is 597 g/mol. The van der Waals surface area contributed by atoms with Crippen LogP contribution in [0.5, 0.6) is 0 Å². The quantitative estimate of drug-likeness (QED) is 0.188. The Morgan fingerprint density at radius 2 is 0.867 bits per heavy atom. The predicted octanol–water partition coefficient (Wildman–Crippen LogP) is 12.8. The fourth-order valence-electron chi connectivity index (χ4n) is 6.35. The maximum absolute atomic E-state index is 2.39. The first-order valence-electron chi connectivity index (χ1n) is 15.4. The summed E-state index contributed by atoms with van der Waals surface area (Å²) in [5.74, 6) is 0. The second kappa shape index (κ2) is 11.3. The van der Waals surface area contributed by atoms with Gasteiger partial charge in [0.25, 0.3) is 0 Å². The Kier molecular flexibility index (Phi) is 6.81. The molecule has 0 aliphatic carbocycles. The fraction of sp³-hybridized carbons (Fsp3) is 0.0476. The Balaban J connectivity index is 1.37. The van der Waals surface area contributed by atoms with Crippen LogP contribution >= 0.6 is 11.3 Å². The third-order valence-electron chi connectivity index (χ3n) is 8.55. The summed E-state index contributed by atoms with van der Waals surface area (Å²) in [4.78, 5) is 4.75. The van der Waals surface area contributed by atoms with E-state index < -0.39 is 0 Å². The summed E-state index contributed by atoms with van der Waals surface area (Å²) < 4.78 is 2.57. The van der Waals surface area contributed by atoms with Crippen LogP contribution in [0.1, 0.15) is 11.1 Å². The van der Waals surface area contributed by atoms with Crippen molar-refractivity contribution in [2.45, 2.75) is 13.8 Å². The minimum absolute atomic E-state index is 1.14. The van der Waals surface area contributed by atoms with Gasteiger partial charge in [0.05, 0.1) is 5.69 Å². The number of hydrogen-bond donors (Lipinski definition) is 0. The second-order valence-corrected chi connectivity index (χ2v) is 12.7. The number of nitrogens with zero attached hydrogens (tertiary/aromatic N) is 2. The Hall–Kier alpha value is -5.38. The molecule has 1 aromatic heterocycles. The van der Waals surface area contributed by atoms with Crippen LogP contribution in [0.15, 0.2) is 158 Å². The molecule has 0 spiro atoms. The van der Waals surface area contributed by atoms with Gasteiger partial charge in [-0.2, -0.15) is 0 Å². The molecule has 0 atom stereocenters. The summed E-state index contributed by atoms with van der Waals surface area (Å²) in [6.07, 6.45) is 0. The highest BCUT2D eigenvalue weighted by atomic mass is 32.1. The fourth-order valence-corrected chi connectivity index (χ4v) is 7.49. The van der Waals surface area contributed by atoms with Gasteiger partial charge in [-0.3, -0.25) is 0 Å². The van der Waals surface area contributed by atoms with Gasteiger partial charge in [-0.1, -0.05) is 96.1 Å². The van der Waals surface area contributed by atoms with E-state index in [0.717, 1.165) is 28.4 Å². The molecule has 0 radical (unpaired) electrons. The van der Waals surface area contributed by atoms with Crippen molar-refractivity contribution in [2.75, 3.05) is 9.80 Å². The van der Waals surface area contributed by atoms with Crippen molar-refractivity contribution in [3.63, 3.8) is 0 Å². The number of aryl methyl sites for hydroxylation is 2. The first-order valence-corrected chi connectivity index (χ1v) is 16.2. The highest BCUT2D eigenvalue weighted by molar-refractivity contribution is 7.26. The molecular weight excluding hydrogens is 565 g/mol.